The van der Waals surface area contributed by atoms with Crippen LogP contribution < -0.4 is 10.6 Å². The topological polar surface area (TPSA) is 66.0 Å². The van der Waals surface area contributed by atoms with Crippen LogP contribution in [0.1, 0.15) is 29.6 Å². The number of benzene rings is 1. The summed E-state index contributed by atoms with van der Waals surface area (Å²) in [7, 11) is 3.80. The fourth-order valence-corrected chi connectivity index (χ4v) is 3.29. The summed E-state index contributed by atoms with van der Waals surface area (Å²) in [5, 5.41) is 6.93. The zero-order chi connectivity index (χ0) is 19.6. The van der Waals surface area contributed by atoms with Gasteiger partial charge in [0.15, 0.2) is 5.96 Å². The van der Waals surface area contributed by atoms with Crippen molar-refractivity contribution in [3.05, 3.63) is 33.8 Å². The molecule has 1 saturated heterocycles. The number of hydrogen-bond acceptors (Lipinski definition) is 3. The first kappa shape index (κ1) is 21.8. The molecular weight excluding hydrogens is 387 g/mol. The molecule has 2 N–H and O–H groups in total. The van der Waals surface area contributed by atoms with Gasteiger partial charge in [0.05, 0.1) is 10.0 Å². The third kappa shape index (κ3) is 7.20. The quantitative estimate of drug-likeness (QED) is 0.408. The molecule has 0 saturated carbocycles. The molecule has 8 heteroatoms. The molecule has 0 spiro atoms. The lowest BCUT2D eigenvalue weighted by atomic mass is 9.96. The van der Waals surface area contributed by atoms with Crippen molar-refractivity contribution in [3.8, 4) is 0 Å². The molecule has 6 nitrogen and oxygen atoms in total. The Kier molecular flexibility index (Phi) is 9.18. The van der Waals surface area contributed by atoms with Crippen molar-refractivity contribution in [2.45, 2.75) is 19.3 Å². The molecule has 1 amide bonds. The molecule has 1 aromatic rings. The van der Waals surface area contributed by atoms with Crippen molar-refractivity contribution in [2.75, 3.05) is 46.9 Å². The second-order valence-electron chi connectivity index (χ2n) is 6.62. The Morgan fingerprint density at radius 2 is 1.93 bits per heavy atom. The monoisotopic (exact) mass is 414 g/mol. The summed E-state index contributed by atoms with van der Waals surface area (Å²) in [6.45, 7) is 3.76. The van der Waals surface area contributed by atoms with Gasteiger partial charge in [0.25, 0.3) is 5.91 Å². The van der Waals surface area contributed by atoms with E-state index in [2.05, 4.69) is 20.5 Å². The number of carbonyl (C=O) groups is 1. The van der Waals surface area contributed by atoms with Crippen LogP contribution in [-0.2, 0) is 4.74 Å². The molecule has 1 heterocycles. The molecule has 150 valence electrons. The van der Waals surface area contributed by atoms with E-state index < -0.39 is 0 Å². The summed E-state index contributed by atoms with van der Waals surface area (Å²) in [6, 6.07) is 4.84. The first-order chi connectivity index (χ1) is 13.0. The van der Waals surface area contributed by atoms with Crippen molar-refractivity contribution in [1.29, 1.82) is 0 Å². The van der Waals surface area contributed by atoms with Gasteiger partial charge in [-0.15, -0.1) is 0 Å². The first-order valence-corrected chi connectivity index (χ1v) is 9.99. The van der Waals surface area contributed by atoms with Crippen LogP contribution in [0.5, 0.6) is 0 Å². The fraction of sp³-hybridized carbons (Fsp3) is 0.579. The molecular formula is C19H28Cl2N4O2. The van der Waals surface area contributed by atoms with Crippen molar-refractivity contribution in [3.63, 3.8) is 0 Å². The van der Waals surface area contributed by atoms with Gasteiger partial charge in [-0.25, -0.2) is 0 Å². The Morgan fingerprint density at radius 3 is 2.59 bits per heavy atom. The van der Waals surface area contributed by atoms with E-state index in [4.69, 9.17) is 27.9 Å². The minimum absolute atomic E-state index is 0.182. The molecule has 1 aliphatic rings. The van der Waals surface area contributed by atoms with E-state index in [9.17, 15) is 4.79 Å². The Bertz CT molecular complexity index is 649. The molecule has 0 unspecified atom stereocenters. The number of aliphatic imine (C=N–C) groups is 1. The summed E-state index contributed by atoms with van der Waals surface area (Å²) in [4.78, 5) is 18.6. The molecule has 0 aromatic heterocycles. The van der Waals surface area contributed by atoms with Crippen LogP contribution in [0.4, 0.5) is 0 Å². The summed E-state index contributed by atoms with van der Waals surface area (Å²) >= 11 is 11.8. The van der Waals surface area contributed by atoms with Crippen molar-refractivity contribution < 1.29 is 9.53 Å². The van der Waals surface area contributed by atoms with E-state index >= 15 is 0 Å². The molecule has 0 bridgehead atoms. The lowest BCUT2D eigenvalue weighted by Crippen LogP contribution is -2.43. The standard InChI is InChI=1S/C19H28Cl2N4O2/c1-22-19(25(2)10-5-14-6-11-27-12-7-14)24-9-8-23-18(26)15-3-4-16(20)17(21)13-15/h3-4,13-14H,5-12H2,1-2H3,(H,22,24)(H,23,26). The van der Waals surface area contributed by atoms with Gasteiger partial charge in [0, 0.05) is 52.5 Å². The zero-order valence-corrected chi connectivity index (χ0v) is 17.4. The maximum absolute atomic E-state index is 12.1. The average molecular weight is 415 g/mol. The van der Waals surface area contributed by atoms with Gasteiger partial charge in [0.2, 0.25) is 0 Å². The highest BCUT2D eigenvalue weighted by Gasteiger charge is 2.15. The molecule has 2 rings (SSSR count). The average Bonchev–Trinajstić information content (AvgIpc) is 2.69. The fourth-order valence-electron chi connectivity index (χ4n) is 2.99. The van der Waals surface area contributed by atoms with Gasteiger partial charge in [-0.1, -0.05) is 23.2 Å². The molecule has 0 aliphatic carbocycles. The minimum Gasteiger partial charge on any atom is -0.381 e. The summed E-state index contributed by atoms with van der Waals surface area (Å²) in [6.07, 6.45) is 3.41. The van der Waals surface area contributed by atoms with Crippen LogP contribution in [0.15, 0.2) is 23.2 Å². The maximum atomic E-state index is 12.1. The van der Waals surface area contributed by atoms with Gasteiger partial charge in [0.1, 0.15) is 0 Å². The second-order valence-corrected chi connectivity index (χ2v) is 7.44. The number of nitrogens with one attached hydrogen (secondary N) is 2. The third-order valence-corrected chi connectivity index (χ3v) is 5.40. The van der Waals surface area contributed by atoms with Gasteiger partial charge >= 0.3 is 0 Å². The number of rotatable bonds is 7. The van der Waals surface area contributed by atoms with Crippen LogP contribution in [0, 0.1) is 5.92 Å². The SMILES string of the molecule is CN=C(NCCNC(=O)c1ccc(Cl)c(Cl)c1)N(C)CCC1CCOCC1. The highest BCUT2D eigenvalue weighted by atomic mass is 35.5. The lowest BCUT2D eigenvalue weighted by molar-refractivity contribution is 0.0625. The van der Waals surface area contributed by atoms with E-state index in [0.29, 0.717) is 28.7 Å². The number of guanidine groups is 1. The van der Waals surface area contributed by atoms with Crippen LogP contribution in [0.3, 0.4) is 0 Å². The number of ether oxygens (including phenoxy) is 1. The molecule has 27 heavy (non-hydrogen) atoms. The third-order valence-electron chi connectivity index (χ3n) is 4.66. The van der Waals surface area contributed by atoms with E-state index in [0.717, 1.165) is 50.9 Å². The molecule has 1 aliphatic heterocycles. The number of carbonyl (C=O) groups excluding carboxylic acids is 1. The summed E-state index contributed by atoms with van der Waals surface area (Å²) < 4.78 is 5.41. The van der Waals surface area contributed by atoms with Crippen molar-refractivity contribution in [2.24, 2.45) is 10.9 Å². The van der Waals surface area contributed by atoms with E-state index in [1.54, 1.807) is 25.2 Å². The van der Waals surface area contributed by atoms with Gasteiger partial charge in [-0.3, -0.25) is 9.79 Å². The second kappa shape index (κ2) is 11.4. The minimum atomic E-state index is -0.182. The Morgan fingerprint density at radius 1 is 1.22 bits per heavy atom. The highest BCUT2D eigenvalue weighted by molar-refractivity contribution is 6.42. The molecule has 0 radical (unpaired) electrons. The number of amides is 1. The predicted molar refractivity (Wildman–Crippen MR) is 111 cm³/mol. The van der Waals surface area contributed by atoms with Crippen molar-refractivity contribution >= 4 is 35.1 Å². The zero-order valence-electron chi connectivity index (χ0n) is 15.9. The Labute approximate surface area is 171 Å². The number of hydrogen-bond donors (Lipinski definition) is 2. The highest BCUT2D eigenvalue weighted by Crippen LogP contribution is 2.22. The molecule has 0 atom stereocenters. The van der Waals surface area contributed by atoms with E-state index in [1.165, 1.54) is 0 Å². The smallest absolute Gasteiger partial charge is 0.251 e. The maximum Gasteiger partial charge on any atom is 0.251 e. The van der Waals surface area contributed by atoms with Gasteiger partial charge in [-0.05, 0) is 43.4 Å². The van der Waals surface area contributed by atoms with Gasteiger partial charge in [-0.2, -0.15) is 0 Å². The molecule has 1 fully saturated rings. The normalized spacial score (nSPS) is 15.5. The van der Waals surface area contributed by atoms with Gasteiger partial charge < -0.3 is 20.3 Å². The van der Waals surface area contributed by atoms with Crippen LogP contribution in [0.2, 0.25) is 10.0 Å². The predicted octanol–water partition coefficient (Wildman–Crippen LogP) is 3.05. The van der Waals surface area contributed by atoms with Crippen molar-refractivity contribution in [1.82, 2.24) is 15.5 Å². The van der Waals surface area contributed by atoms with E-state index in [1.807, 2.05) is 7.05 Å². The lowest BCUT2D eigenvalue weighted by Gasteiger charge is -2.26. The first-order valence-electron chi connectivity index (χ1n) is 9.24. The Hall–Kier alpha value is -1.50. The van der Waals surface area contributed by atoms with Crippen LogP contribution in [0.25, 0.3) is 0 Å². The largest absolute Gasteiger partial charge is 0.381 e. The summed E-state index contributed by atoms with van der Waals surface area (Å²) in [5.74, 6) is 1.37. The van der Waals surface area contributed by atoms with Crippen LogP contribution in [-0.4, -0.2) is 63.7 Å². The van der Waals surface area contributed by atoms with E-state index in [-0.39, 0.29) is 5.91 Å². The molecule has 1 aromatic carbocycles. The van der Waals surface area contributed by atoms with Crippen LogP contribution >= 0.6 is 23.2 Å². The summed E-state index contributed by atoms with van der Waals surface area (Å²) in [5.41, 5.74) is 0.488. The number of halogens is 2. The number of nitrogens with zero attached hydrogens (tertiary/aromatic N) is 2. The Balaban J connectivity index is 1.68.